The average molecular weight is 235 g/mol. The molecule has 80 valence electrons. The van der Waals surface area contributed by atoms with Gasteiger partial charge in [0.05, 0.1) is 0 Å². The number of hydrogen-bond acceptors (Lipinski definition) is 3. The number of anilines is 1. The third-order valence-electron chi connectivity index (χ3n) is 1.85. The predicted molar refractivity (Wildman–Crippen MR) is 46.7 cm³/mol. The van der Waals surface area contributed by atoms with Gasteiger partial charge in [-0.2, -0.15) is 13.2 Å². The number of rotatable bonds is 0. The van der Waals surface area contributed by atoms with E-state index in [9.17, 15) is 18.0 Å². The maximum Gasteiger partial charge on any atom is 0.433 e. The standard InChI is InChI=1S/C7H4F3N3OS/c8-7(9,10)3-1-5(15)13-2-4(14)12-6(13)11-3/h1H,2H2,(H,11,12,14). The molecule has 0 unspecified atom stereocenters. The van der Waals surface area contributed by atoms with Crippen LogP contribution in [0.4, 0.5) is 19.1 Å². The van der Waals surface area contributed by atoms with Crippen LogP contribution in [0.15, 0.2) is 6.07 Å². The minimum absolute atomic E-state index is 0.0642. The number of hydrogen-bond donors (Lipinski definition) is 1. The summed E-state index contributed by atoms with van der Waals surface area (Å²) in [4.78, 5) is 14.2. The van der Waals surface area contributed by atoms with Gasteiger partial charge < -0.3 is 0 Å². The number of carbonyl (C=O) groups is 1. The van der Waals surface area contributed by atoms with Gasteiger partial charge in [0.15, 0.2) is 5.69 Å². The molecule has 1 aliphatic heterocycles. The van der Waals surface area contributed by atoms with E-state index in [-0.39, 0.29) is 17.1 Å². The highest BCUT2D eigenvalue weighted by atomic mass is 32.1. The first-order chi connectivity index (χ1) is 6.88. The molecule has 1 N–H and O–H groups in total. The first-order valence-electron chi connectivity index (χ1n) is 3.87. The molecule has 0 saturated carbocycles. The summed E-state index contributed by atoms with van der Waals surface area (Å²) in [5.41, 5.74) is -1.10. The van der Waals surface area contributed by atoms with Crippen molar-refractivity contribution in [3.8, 4) is 0 Å². The van der Waals surface area contributed by atoms with E-state index in [0.29, 0.717) is 0 Å². The van der Waals surface area contributed by atoms with E-state index in [1.807, 2.05) is 0 Å². The highest BCUT2D eigenvalue weighted by molar-refractivity contribution is 7.71. The smallest absolute Gasteiger partial charge is 0.294 e. The van der Waals surface area contributed by atoms with Gasteiger partial charge in [-0.1, -0.05) is 12.2 Å². The zero-order valence-electron chi connectivity index (χ0n) is 7.13. The summed E-state index contributed by atoms with van der Waals surface area (Å²) in [6.45, 7) is -0.0840. The lowest BCUT2D eigenvalue weighted by Crippen LogP contribution is -2.11. The van der Waals surface area contributed by atoms with Gasteiger partial charge in [-0.15, -0.1) is 0 Å². The highest BCUT2D eigenvalue weighted by Crippen LogP contribution is 2.29. The number of aromatic nitrogens is 2. The lowest BCUT2D eigenvalue weighted by Gasteiger charge is -2.08. The van der Waals surface area contributed by atoms with E-state index in [4.69, 9.17) is 12.2 Å². The summed E-state index contributed by atoms with van der Waals surface area (Å²) < 4.78 is 38.1. The van der Waals surface area contributed by atoms with Gasteiger partial charge in [0.1, 0.15) is 11.2 Å². The molecule has 2 heterocycles. The van der Waals surface area contributed by atoms with Crippen LogP contribution < -0.4 is 5.32 Å². The van der Waals surface area contributed by atoms with E-state index in [2.05, 4.69) is 10.3 Å². The molecule has 0 spiro atoms. The number of halogens is 3. The third-order valence-corrected chi connectivity index (χ3v) is 2.19. The van der Waals surface area contributed by atoms with Crippen LogP contribution in [-0.2, 0) is 17.5 Å². The van der Waals surface area contributed by atoms with Crippen molar-refractivity contribution in [3.63, 3.8) is 0 Å². The van der Waals surface area contributed by atoms with Crippen molar-refractivity contribution in [3.05, 3.63) is 16.4 Å². The van der Waals surface area contributed by atoms with E-state index < -0.39 is 17.8 Å². The third kappa shape index (κ3) is 1.72. The van der Waals surface area contributed by atoms with Crippen LogP contribution >= 0.6 is 12.2 Å². The number of amides is 1. The second-order valence-corrected chi connectivity index (χ2v) is 3.35. The second kappa shape index (κ2) is 3.02. The molecule has 0 aromatic carbocycles. The molecule has 2 rings (SSSR count). The molecule has 0 fully saturated rings. The van der Waals surface area contributed by atoms with Crippen molar-refractivity contribution in [2.45, 2.75) is 12.7 Å². The van der Waals surface area contributed by atoms with E-state index in [1.165, 1.54) is 4.57 Å². The fraction of sp³-hybridized carbons (Fsp3) is 0.286. The molecule has 0 aliphatic carbocycles. The van der Waals surface area contributed by atoms with Gasteiger partial charge >= 0.3 is 6.18 Å². The van der Waals surface area contributed by atoms with E-state index in [0.717, 1.165) is 6.07 Å². The van der Waals surface area contributed by atoms with Crippen LogP contribution in [-0.4, -0.2) is 15.5 Å². The van der Waals surface area contributed by atoms with E-state index >= 15 is 0 Å². The quantitative estimate of drug-likeness (QED) is 0.694. The first-order valence-corrected chi connectivity index (χ1v) is 4.28. The SMILES string of the molecule is O=C1Cn2c(nc(C(F)(F)F)cc2=S)N1. The lowest BCUT2D eigenvalue weighted by atomic mass is 10.4. The zero-order valence-corrected chi connectivity index (χ0v) is 7.95. The first kappa shape index (κ1) is 10.1. The van der Waals surface area contributed by atoms with Crippen LogP contribution in [0.5, 0.6) is 0 Å². The Labute approximate surface area is 86.7 Å². The number of alkyl halides is 3. The molecule has 0 saturated heterocycles. The maximum atomic E-state index is 12.3. The fourth-order valence-corrected chi connectivity index (χ4v) is 1.47. The van der Waals surface area contributed by atoms with Crippen LogP contribution in [0.25, 0.3) is 0 Å². The molecule has 0 radical (unpaired) electrons. The van der Waals surface area contributed by atoms with Crippen molar-refractivity contribution < 1.29 is 18.0 Å². The molecule has 8 heteroatoms. The summed E-state index contributed by atoms with van der Waals surface area (Å²) in [5.74, 6) is -0.576. The summed E-state index contributed by atoms with van der Waals surface area (Å²) in [5, 5.41) is 2.20. The van der Waals surface area contributed by atoms with Crippen molar-refractivity contribution in [1.82, 2.24) is 9.55 Å². The Balaban J connectivity index is 2.59. The molecule has 1 aromatic heterocycles. The van der Waals surface area contributed by atoms with Crippen LogP contribution in [0, 0.1) is 4.64 Å². The minimum atomic E-state index is -4.56. The molecular formula is C7H4F3N3OS. The zero-order chi connectivity index (χ0) is 11.2. The normalized spacial score (nSPS) is 15.0. The van der Waals surface area contributed by atoms with Crippen molar-refractivity contribution in [1.29, 1.82) is 0 Å². The summed E-state index contributed by atoms with van der Waals surface area (Å²) >= 11 is 4.72. The predicted octanol–water partition coefficient (Wildman–Crippen LogP) is 1.58. The second-order valence-electron chi connectivity index (χ2n) is 2.94. The van der Waals surface area contributed by atoms with Gasteiger partial charge in [0, 0.05) is 6.07 Å². The van der Waals surface area contributed by atoms with Crippen LogP contribution in [0.1, 0.15) is 5.69 Å². The molecule has 0 bridgehead atoms. The highest BCUT2D eigenvalue weighted by Gasteiger charge is 2.34. The van der Waals surface area contributed by atoms with Crippen molar-refractivity contribution >= 4 is 24.1 Å². The lowest BCUT2D eigenvalue weighted by molar-refractivity contribution is -0.141. The Morgan fingerprint density at radius 2 is 2.20 bits per heavy atom. The van der Waals surface area contributed by atoms with Gasteiger partial charge in [0.25, 0.3) is 0 Å². The molecule has 1 amide bonds. The largest absolute Gasteiger partial charge is 0.433 e. The Kier molecular flexibility index (Phi) is 2.03. The Bertz CT molecular complexity index is 493. The molecule has 1 aliphatic rings. The topological polar surface area (TPSA) is 46.9 Å². The number of fused-ring (bicyclic) bond motifs is 1. The maximum absolute atomic E-state index is 12.3. The molecule has 1 aromatic rings. The molecule has 15 heavy (non-hydrogen) atoms. The average Bonchev–Trinajstić information content (AvgIpc) is 2.44. The molecule has 4 nitrogen and oxygen atoms in total. The fourth-order valence-electron chi connectivity index (χ4n) is 1.21. The van der Waals surface area contributed by atoms with Crippen molar-refractivity contribution in [2.75, 3.05) is 5.32 Å². The number of carbonyl (C=O) groups excluding carboxylic acids is 1. The molecular weight excluding hydrogens is 231 g/mol. The summed E-state index contributed by atoms with van der Waals surface area (Å²) in [7, 11) is 0. The minimum Gasteiger partial charge on any atom is -0.294 e. The summed E-state index contributed by atoms with van der Waals surface area (Å²) in [6, 6.07) is 0.735. The number of nitrogens with one attached hydrogen (secondary N) is 1. The van der Waals surface area contributed by atoms with Crippen molar-refractivity contribution in [2.24, 2.45) is 0 Å². The summed E-state index contributed by atoms with van der Waals surface area (Å²) in [6.07, 6.45) is -4.56. The van der Waals surface area contributed by atoms with Gasteiger partial charge in [-0.05, 0) is 0 Å². The van der Waals surface area contributed by atoms with Crippen LogP contribution in [0.2, 0.25) is 0 Å². The monoisotopic (exact) mass is 235 g/mol. The molecule has 0 atom stereocenters. The Hall–Kier alpha value is -1.44. The van der Waals surface area contributed by atoms with Gasteiger partial charge in [-0.25, -0.2) is 4.98 Å². The van der Waals surface area contributed by atoms with E-state index in [1.54, 1.807) is 0 Å². The van der Waals surface area contributed by atoms with Gasteiger partial charge in [-0.3, -0.25) is 14.7 Å². The van der Waals surface area contributed by atoms with Crippen LogP contribution in [0.3, 0.4) is 0 Å². The van der Waals surface area contributed by atoms with Gasteiger partial charge in [0.2, 0.25) is 11.9 Å². The number of nitrogens with zero attached hydrogens (tertiary/aromatic N) is 2. The Morgan fingerprint density at radius 3 is 2.80 bits per heavy atom. The Morgan fingerprint density at radius 1 is 1.53 bits per heavy atom.